The Morgan fingerprint density at radius 2 is 2.00 bits per heavy atom. The van der Waals surface area contributed by atoms with Crippen molar-refractivity contribution in [3.05, 3.63) is 75.8 Å². The molecule has 35 heavy (non-hydrogen) atoms. The van der Waals surface area contributed by atoms with Gasteiger partial charge in [-0.05, 0) is 49.7 Å². The van der Waals surface area contributed by atoms with Gasteiger partial charge in [-0.25, -0.2) is 4.79 Å². The topological polar surface area (TPSA) is 133 Å². The van der Waals surface area contributed by atoms with Crippen LogP contribution in [-0.4, -0.2) is 32.2 Å². The lowest BCUT2D eigenvalue weighted by Crippen LogP contribution is -2.25. The Hall–Kier alpha value is -4.16. The number of halogens is 1. The molecule has 10 heteroatoms. The zero-order valence-corrected chi connectivity index (χ0v) is 20.1. The summed E-state index contributed by atoms with van der Waals surface area (Å²) in [5.74, 6) is -1.12. The second-order valence-electron chi connectivity index (χ2n) is 7.37. The second kappa shape index (κ2) is 11.3. The van der Waals surface area contributed by atoms with Gasteiger partial charge in [0.2, 0.25) is 5.88 Å². The van der Waals surface area contributed by atoms with Crippen LogP contribution in [0.1, 0.15) is 25.3 Å². The number of allylic oxidation sites excluding steroid dienone is 2. The molecule has 0 fully saturated rings. The maximum Gasteiger partial charge on any atom is 0.338 e. The van der Waals surface area contributed by atoms with E-state index in [9.17, 15) is 14.9 Å². The lowest BCUT2D eigenvalue weighted by atomic mass is 9.83. The molecule has 1 atom stereocenters. The van der Waals surface area contributed by atoms with Crippen molar-refractivity contribution in [3.63, 3.8) is 0 Å². The monoisotopic (exact) mass is 497 g/mol. The van der Waals surface area contributed by atoms with E-state index in [-0.39, 0.29) is 36.0 Å². The molecule has 182 valence electrons. The van der Waals surface area contributed by atoms with Crippen LogP contribution in [-0.2, 0) is 19.1 Å². The Balaban J connectivity index is 1.86. The van der Waals surface area contributed by atoms with Crippen LogP contribution in [0.25, 0.3) is 0 Å². The van der Waals surface area contributed by atoms with E-state index in [4.69, 9.17) is 36.3 Å². The van der Waals surface area contributed by atoms with E-state index in [2.05, 4.69) is 5.32 Å². The fourth-order valence-electron chi connectivity index (χ4n) is 3.58. The summed E-state index contributed by atoms with van der Waals surface area (Å²) in [4.78, 5) is 25.0. The quantitative estimate of drug-likeness (QED) is 0.522. The van der Waals surface area contributed by atoms with E-state index in [1.165, 1.54) is 7.11 Å². The summed E-state index contributed by atoms with van der Waals surface area (Å²) < 4.78 is 21.7. The number of ether oxygens (including phenoxy) is 4. The predicted molar refractivity (Wildman–Crippen MR) is 129 cm³/mol. The molecule has 0 saturated carbocycles. The second-order valence-corrected chi connectivity index (χ2v) is 7.81. The molecule has 0 radical (unpaired) electrons. The number of nitriles is 1. The number of anilines is 1. The van der Waals surface area contributed by atoms with E-state index >= 15 is 0 Å². The zero-order chi connectivity index (χ0) is 25.5. The molecule has 3 N–H and O–H groups in total. The Kier molecular flexibility index (Phi) is 8.23. The van der Waals surface area contributed by atoms with Crippen molar-refractivity contribution in [1.82, 2.24) is 0 Å². The number of nitrogens with zero attached hydrogens (tertiary/aromatic N) is 1. The van der Waals surface area contributed by atoms with Crippen molar-refractivity contribution in [2.75, 3.05) is 25.6 Å². The first-order valence-electron chi connectivity index (χ1n) is 10.6. The first-order chi connectivity index (χ1) is 16.8. The fourth-order valence-corrected chi connectivity index (χ4v) is 3.77. The maximum absolute atomic E-state index is 12.7. The summed E-state index contributed by atoms with van der Waals surface area (Å²) in [6, 6.07) is 13.6. The van der Waals surface area contributed by atoms with E-state index in [1.807, 2.05) is 6.07 Å². The molecular weight excluding hydrogens is 474 g/mol. The highest BCUT2D eigenvalue weighted by Gasteiger charge is 2.36. The number of hydrogen-bond acceptors (Lipinski definition) is 8. The minimum Gasteiger partial charge on any atom is -0.493 e. The van der Waals surface area contributed by atoms with Crippen molar-refractivity contribution in [3.8, 4) is 17.6 Å². The van der Waals surface area contributed by atoms with E-state index in [0.29, 0.717) is 27.8 Å². The number of carbonyl (C=O) groups is 2. The fraction of sp³-hybridized carbons (Fsp3) is 0.240. The Bertz CT molecular complexity index is 1250. The molecule has 1 aliphatic rings. The van der Waals surface area contributed by atoms with Crippen molar-refractivity contribution in [2.24, 2.45) is 5.73 Å². The molecule has 3 rings (SSSR count). The van der Waals surface area contributed by atoms with Gasteiger partial charge in [-0.3, -0.25) is 4.79 Å². The van der Waals surface area contributed by atoms with Crippen LogP contribution < -0.4 is 20.5 Å². The largest absolute Gasteiger partial charge is 0.493 e. The van der Waals surface area contributed by atoms with Crippen LogP contribution in [0, 0.1) is 11.3 Å². The average molecular weight is 498 g/mol. The molecule has 1 amide bonds. The van der Waals surface area contributed by atoms with Gasteiger partial charge in [-0.2, -0.15) is 5.26 Å². The molecule has 1 unspecified atom stereocenters. The van der Waals surface area contributed by atoms with Gasteiger partial charge in [-0.15, -0.1) is 0 Å². The first-order valence-corrected chi connectivity index (χ1v) is 11.0. The van der Waals surface area contributed by atoms with E-state index in [0.717, 1.165) is 0 Å². The van der Waals surface area contributed by atoms with Gasteiger partial charge in [-0.1, -0.05) is 23.7 Å². The number of benzene rings is 2. The number of amides is 1. The van der Waals surface area contributed by atoms with Crippen LogP contribution >= 0.6 is 11.6 Å². The standard InChI is InChI=1S/C25H24ClN3O6/c1-4-33-25(31)22-14(2)35-24(28)18(12-27)23(22)15-8-9-19(20(10-15)32-3)34-13-21(30)29-17-7-5-6-16(26)11-17/h5-11,23H,4,13,28H2,1-3H3,(H,29,30). The van der Waals surface area contributed by atoms with E-state index in [1.54, 1.807) is 56.3 Å². The van der Waals surface area contributed by atoms with E-state index < -0.39 is 17.8 Å². The SMILES string of the molecule is CCOC(=O)C1=C(C)OC(N)=C(C#N)C1c1ccc(OCC(=O)Nc2cccc(Cl)c2)c(OC)c1. The smallest absolute Gasteiger partial charge is 0.338 e. The lowest BCUT2D eigenvalue weighted by molar-refractivity contribution is -0.139. The number of rotatable bonds is 8. The summed E-state index contributed by atoms with van der Waals surface area (Å²) >= 11 is 5.94. The van der Waals surface area contributed by atoms with Crippen molar-refractivity contribution in [2.45, 2.75) is 19.8 Å². The van der Waals surface area contributed by atoms with Gasteiger partial charge in [0.05, 0.1) is 25.2 Å². The van der Waals surface area contributed by atoms with Crippen LogP contribution in [0.4, 0.5) is 5.69 Å². The zero-order valence-electron chi connectivity index (χ0n) is 19.4. The molecule has 0 aromatic heterocycles. The molecule has 1 heterocycles. The number of methoxy groups -OCH3 is 1. The van der Waals surface area contributed by atoms with Crippen molar-refractivity contribution in [1.29, 1.82) is 5.26 Å². The lowest BCUT2D eigenvalue weighted by Gasteiger charge is -2.27. The number of nitrogens with two attached hydrogens (primary N) is 1. The highest BCUT2D eigenvalue weighted by atomic mass is 35.5. The molecule has 2 aromatic carbocycles. The number of esters is 1. The molecule has 1 aliphatic heterocycles. The molecular formula is C25H24ClN3O6. The van der Waals surface area contributed by atoms with Gasteiger partial charge in [0, 0.05) is 10.7 Å². The summed E-state index contributed by atoms with van der Waals surface area (Å²) in [6.45, 7) is 3.12. The third-order valence-corrected chi connectivity index (χ3v) is 5.32. The summed E-state index contributed by atoms with van der Waals surface area (Å²) in [5, 5.41) is 12.9. The third kappa shape index (κ3) is 5.86. The van der Waals surface area contributed by atoms with Crippen molar-refractivity contribution >= 4 is 29.2 Å². The highest BCUT2D eigenvalue weighted by molar-refractivity contribution is 6.30. The van der Waals surface area contributed by atoms with Gasteiger partial charge in [0.1, 0.15) is 17.4 Å². The molecule has 0 saturated heterocycles. The Morgan fingerprint density at radius 1 is 1.23 bits per heavy atom. The maximum atomic E-state index is 12.7. The van der Waals surface area contributed by atoms with Crippen LogP contribution in [0.2, 0.25) is 5.02 Å². The Morgan fingerprint density at radius 3 is 2.66 bits per heavy atom. The normalized spacial score (nSPS) is 15.1. The minimum absolute atomic E-state index is 0.0651. The molecule has 9 nitrogen and oxygen atoms in total. The first kappa shape index (κ1) is 25.5. The van der Waals surface area contributed by atoms with Crippen LogP contribution in [0.5, 0.6) is 11.5 Å². The number of nitrogens with one attached hydrogen (secondary N) is 1. The highest BCUT2D eigenvalue weighted by Crippen LogP contribution is 2.42. The van der Waals surface area contributed by atoms with Gasteiger partial charge in [0.25, 0.3) is 5.91 Å². The minimum atomic E-state index is -0.832. The predicted octanol–water partition coefficient (Wildman–Crippen LogP) is 4.01. The van der Waals surface area contributed by atoms with Crippen molar-refractivity contribution < 1.29 is 28.5 Å². The average Bonchev–Trinajstić information content (AvgIpc) is 2.82. The molecule has 0 spiro atoms. The van der Waals surface area contributed by atoms with Gasteiger partial charge in [0.15, 0.2) is 18.1 Å². The number of carbonyl (C=O) groups excluding carboxylic acids is 2. The molecule has 0 aliphatic carbocycles. The van der Waals surface area contributed by atoms with Gasteiger partial charge < -0.3 is 30.0 Å². The molecule has 0 bridgehead atoms. The summed E-state index contributed by atoms with van der Waals surface area (Å²) in [5.41, 5.74) is 7.23. The Labute approximate surface area is 207 Å². The van der Waals surface area contributed by atoms with Gasteiger partial charge >= 0.3 is 5.97 Å². The summed E-state index contributed by atoms with van der Waals surface area (Å²) in [6.07, 6.45) is 0. The third-order valence-electron chi connectivity index (χ3n) is 5.09. The van der Waals surface area contributed by atoms with Crippen LogP contribution in [0.15, 0.2) is 65.3 Å². The molecule has 2 aromatic rings. The summed E-state index contributed by atoms with van der Waals surface area (Å²) in [7, 11) is 1.44. The van der Waals surface area contributed by atoms with Crippen LogP contribution in [0.3, 0.4) is 0 Å². The number of hydrogen-bond donors (Lipinski definition) is 2.